The molecule has 0 radical (unpaired) electrons. The smallest absolute Gasteiger partial charge is 0.391 e. The normalized spacial score (nSPS) is 20.8. The van der Waals surface area contributed by atoms with Crippen LogP contribution in [0.5, 0.6) is 0 Å². The number of carbonyl (C=O) groups excluding carboxylic acids is 2. The molecule has 0 aliphatic carbocycles. The van der Waals surface area contributed by atoms with Crippen LogP contribution in [0, 0.1) is 17.8 Å². The van der Waals surface area contributed by atoms with Crippen LogP contribution in [0.1, 0.15) is 44.4 Å². The maximum absolute atomic E-state index is 13.1. The number of nitrogens with zero attached hydrogens (tertiary/aromatic N) is 1. The Morgan fingerprint density at radius 2 is 1.88 bits per heavy atom. The Kier molecular flexibility index (Phi) is 8.52. The lowest BCUT2D eigenvalue weighted by atomic mass is 9.86. The molecule has 33 heavy (non-hydrogen) atoms. The van der Waals surface area contributed by atoms with Gasteiger partial charge in [-0.25, -0.2) is 0 Å². The van der Waals surface area contributed by atoms with Crippen LogP contribution in [0.3, 0.4) is 0 Å². The van der Waals surface area contributed by atoms with Gasteiger partial charge < -0.3 is 20.6 Å². The summed E-state index contributed by atoms with van der Waals surface area (Å²) in [5, 5.41) is 15.6. The number of carbonyl (C=O) groups is 2. The molecule has 2 amide bonds. The number of benzene rings is 1. The molecule has 1 fully saturated rings. The number of hydrogen-bond acceptors (Lipinski definition) is 5. The lowest BCUT2D eigenvalue weighted by Gasteiger charge is -2.35. The number of terminal acetylenes is 1. The molecule has 1 heterocycles. The predicted octanol–water partition coefficient (Wildman–Crippen LogP) is 1.96. The summed E-state index contributed by atoms with van der Waals surface area (Å²) in [5.41, 5.74) is 0.407. The topological polar surface area (TPSA) is 90.9 Å². The number of aliphatic hydroxyl groups excluding tert-OH is 1. The third-order valence-corrected chi connectivity index (χ3v) is 5.48. The zero-order valence-electron chi connectivity index (χ0n) is 19.1. The highest BCUT2D eigenvalue weighted by Crippen LogP contribution is 2.27. The van der Waals surface area contributed by atoms with Gasteiger partial charge in [0.1, 0.15) is 6.04 Å². The SMILES string of the molecule is C#Cc1ccc([C@H](COC(F)(F)F)NC(=O)[C@@H]2C[C@@H](O)CN2C(=O)[C@@H](NC)C(C)(C)C)cc1. The third-order valence-electron chi connectivity index (χ3n) is 5.48. The molecule has 0 aromatic heterocycles. The second-order valence-corrected chi connectivity index (χ2v) is 9.07. The fraction of sp³-hybridized carbons (Fsp3) is 0.565. The molecule has 1 aliphatic heterocycles. The molecule has 0 bridgehead atoms. The van der Waals surface area contributed by atoms with Gasteiger partial charge in [0.25, 0.3) is 0 Å². The number of amides is 2. The first-order valence-corrected chi connectivity index (χ1v) is 10.5. The highest BCUT2D eigenvalue weighted by molar-refractivity contribution is 5.91. The Labute approximate surface area is 191 Å². The van der Waals surface area contributed by atoms with Crippen molar-refractivity contribution >= 4 is 11.8 Å². The van der Waals surface area contributed by atoms with Crippen molar-refractivity contribution in [3.8, 4) is 12.3 Å². The number of likely N-dealkylation sites (N-methyl/N-ethyl adjacent to an activating group) is 1. The molecule has 0 saturated carbocycles. The zero-order valence-corrected chi connectivity index (χ0v) is 19.1. The molecule has 0 spiro atoms. The largest absolute Gasteiger partial charge is 0.522 e. The van der Waals surface area contributed by atoms with Gasteiger partial charge in [0.2, 0.25) is 11.8 Å². The summed E-state index contributed by atoms with van der Waals surface area (Å²) in [6.45, 7) is 4.66. The van der Waals surface area contributed by atoms with Gasteiger partial charge in [-0.3, -0.25) is 14.3 Å². The first-order chi connectivity index (χ1) is 15.3. The average molecular weight is 470 g/mol. The van der Waals surface area contributed by atoms with Crippen molar-refractivity contribution in [2.45, 2.75) is 57.8 Å². The van der Waals surface area contributed by atoms with Crippen molar-refractivity contribution in [2.24, 2.45) is 5.41 Å². The molecule has 7 nitrogen and oxygen atoms in total. The fourth-order valence-corrected chi connectivity index (χ4v) is 3.88. The zero-order chi connectivity index (χ0) is 25.0. The highest BCUT2D eigenvalue weighted by Gasteiger charge is 2.44. The first-order valence-electron chi connectivity index (χ1n) is 10.5. The van der Waals surface area contributed by atoms with Crippen molar-refractivity contribution in [2.75, 3.05) is 20.2 Å². The predicted molar refractivity (Wildman–Crippen MR) is 116 cm³/mol. The van der Waals surface area contributed by atoms with Crippen molar-refractivity contribution < 1.29 is 32.6 Å². The fourth-order valence-electron chi connectivity index (χ4n) is 3.88. The molecule has 1 saturated heterocycles. The summed E-state index contributed by atoms with van der Waals surface area (Å²) in [6.07, 6.45) is -0.526. The summed E-state index contributed by atoms with van der Waals surface area (Å²) >= 11 is 0. The Morgan fingerprint density at radius 3 is 2.36 bits per heavy atom. The Bertz CT molecular complexity index is 875. The molecule has 0 unspecified atom stereocenters. The molecule has 3 N–H and O–H groups in total. The van der Waals surface area contributed by atoms with E-state index in [0.717, 1.165) is 0 Å². The van der Waals surface area contributed by atoms with E-state index in [1.165, 1.54) is 29.2 Å². The molecule has 10 heteroatoms. The van der Waals surface area contributed by atoms with Crippen LogP contribution in [0.25, 0.3) is 0 Å². The Hall–Kier alpha value is -2.61. The van der Waals surface area contributed by atoms with Gasteiger partial charge in [-0.1, -0.05) is 38.8 Å². The molecule has 2 rings (SSSR count). The van der Waals surface area contributed by atoms with E-state index < -0.39 is 48.5 Å². The van der Waals surface area contributed by atoms with Gasteiger partial charge in [-0.15, -0.1) is 19.6 Å². The number of β-amino-alcohol motifs (C(OH)–C–C–N with tert-alkyl or cyclic N) is 1. The van der Waals surface area contributed by atoms with Gasteiger partial charge >= 0.3 is 6.36 Å². The van der Waals surface area contributed by atoms with Crippen LogP contribution < -0.4 is 10.6 Å². The minimum Gasteiger partial charge on any atom is -0.391 e. The van der Waals surface area contributed by atoms with Crippen molar-refractivity contribution in [1.29, 1.82) is 0 Å². The van der Waals surface area contributed by atoms with E-state index >= 15 is 0 Å². The maximum atomic E-state index is 13.1. The number of alkyl halides is 3. The minimum absolute atomic E-state index is 0.0268. The second kappa shape index (κ2) is 10.5. The van der Waals surface area contributed by atoms with Crippen LogP contribution in [0.4, 0.5) is 13.2 Å². The first kappa shape index (κ1) is 26.6. The molecular weight excluding hydrogens is 439 g/mol. The van der Waals surface area contributed by atoms with E-state index in [0.29, 0.717) is 11.1 Å². The highest BCUT2D eigenvalue weighted by atomic mass is 19.4. The van der Waals surface area contributed by atoms with Crippen molar-refractivity contribution in [3.05, 3.63) is 35.4 Å². The maximum Gasteiger partial charge on any atom is 0.522 e. The van der Waals surface area contributed by atoms with Gasteiger partial charge in [0.15, 0.2) is 0 Å². The number of nitrogens with one attached hydrogen (secondary N) is 2. The van der Waals surface area contributed by atoms with Gasteiger partial charge in [0, 0.05) is 18.5 Å². The minimum atomic E-state index is -4.89. The van der Waals surface area contributed by atoms with Crippen LogP contribution in [-0.2, 0) is 14.3 Å². The molecule has 1 aromatic carbocycles. The standard InChI is InChI=1S/C23H30F3N3O4/c1-6-14-7-9-15(10-8-14)17(13-33-23(24,25)26)28-20(31)18-11-16(30)12-29(18)21(32)19(27-5)22(2,3)4/h1,7-10,16-19,27,30H,11-13H2,2-5H3,(H,28,31)/t16-,17+,18+,19-/m1/s1. The number of halogens is 3. The number of rotatable bonds is 7. The third kappa shape index (κ3) is 7.19. The van der Waals surface area contributed by atoms with Crippen LogP contribution in [0.2, 0.25) is 0 Å². The van der Waals surface area contributed by atoms with E-state index in [9.17, 15) is 27.9 Å². The molecular formula is C23H30F3N3O4. The number of ether oxygens (including phenoxy) is 1. The lowest BCUT2D eigenvalue weighted by Crippen LogP contribution is -2.56. The van der Waals surface area contributed by atoms with E-state index in [4.69, 9.17) is 6.42 Å². The second-order valence-electron chi connectivity index (χ2n) is 9.07. The Balaban J connectivity index is 2.26. The van der Waals surface area contributed by atoms with Crippen molar-refractivity contribution in [1.82, 2.24) is 15.5 Å². The Morgan fingerprint density at radius 1 is 1.27 bits per heavy atom. The summed E-state index contributed by atoms with van der Waals surface area (Å²) in [7, 11) is 1.62. The number of likely N-dealkylation sites (tertiary alicyclic amines) is 1. The lowest BCUT2D eigenvalue weighted by molar-refractivity contribution is -0.326. The quantitative estimate of drug-likeness (QED) is 0.531. The van der Waals surface area contributed by atoms with Gasteiger partial charge in [0.05, 0.1) is 24.8 Å². The molecule has 1 aliphatic rings. The van der Waals surface area contributed by atoms with E-state index in [1.54, 1.807) is 7.05 Å². The summed E-state index contributed by atoms with van der Waals surface area (Å²) in [6, 6.07) is 3.27. The van der Waals surface area contributed by atoms with Crippen LogP contribution in [-0.4, -0.2) is 66.6 Å². The summed E-state index contributed by atoms with van der Waals surface area (Å²) in [4.78, 5) is 27.5. The molecule has 182 valence electrons. The molecule has 1 aromatic rings. The average Bonchev–Trinajstić information content (AvgIpc) is 3.11. The summed E-state index contributed by atoms with van der Waals surface area (Å²) < 4.78 is 42.0. The van der Waals surface area contributed by atoms with E-state index in [-0.39, 0.29) is 18.9 Å². The molecule has 4 atom stereocenters. The van der Waals surface area contributed by atoms with Crippen LogP contribution >= 0.6 is 0 Å². The van der Waals surface area contributed by atoms with Crippen molar-refractivity contribution in [3.63, 3.8) is 0 Å². The van der Waals surface area contributed by atoms with Gasteiger partial charge in [-0.05, 0) is 30.2 Å². The summed E-state index contributed by atoms with van der Waals surface area (Å²) in [5.74, 6) is 1.36. The number of hydrogen-bond donors (Lipinski definition) is 3. The van der Waals surface area contributed by atoms with Crippen LogP contribution in [0.15, 0.2) is 24.3 Å². The van der Waals surface area contributed by atoms with E-state index in [2.05, 4.69) is 21.3 Å². The van der Waals surface area contributed by atoms with E-state index in [1.807, 2.05) is 20.8 Å². The number of aliphatic hydroxyl groups is 1. The monoisotopic (exact) mass is 469 g/mol. The van der Waals surface area contributed by atoms with Gasteiger partial charge in [-0.2, -0.15) is 0 Å².